The summed E-state index contributed by atoms with van der Waals surface area (Å²) in [6.07, 6.45) is 4.32. The zero-order valence-corrected chi connectivity index (χ0v) is 12.6. The van der Waals surface area contributed by atoms with E-state index in [1.54, 1.807) is 0 Å². The number of rotatable bonds is 6. The van der Waals surface area contributed by atoms with Gasteiger partial charge < -0.3 is 10.1 Å². The maximum Gasteiger partial charge on any atom is 0.120 e. The van der Waals surface area contributed by atoms with E-state index < -0.39 is 0 Å². The Morgan fingerprint density at radius 1 is 1.25 bits per heavy atom. The zero-order chi connectivity index (χ0) is 14.2. The highest BCUT2D eigenvalue weighted by Crippen LogP contribution is 2.19. The second kappa shape index (κ2) is 8.08. The van der Waals surface area contributed by atoms with E-state index in [4.69, 9.17) is 4.74 Å². The highest BCUT2D eigenvalue weighted by Gasteiger charge is 2.06. The fourth-order valence-corrected chi connectivity index (χ4v) is 2.29. The van der Waals surface area contributed by atoms with Crippen LogP contribution in [0.4, 0.5) is 0 Å². The Hall–Kier alpha value is -1.32. The van der Waals surface area contributed by atoms with Gasteiger partial charge in [0.15, 0.2) is 0 Å². The Labute approximate surface area is 122 Å². The summed E-state index contributed by atoms with van der Waals surface area (Å²) in [6.45, 7) is 10.6. The summed E-state index contributed by atoms with van der Waals surface area (Å²) in [5.74, 6) is 1.50. The Balaban J connectivity index is 1.70. The van der Waals surface area contributed by atoms with Crippen molar-refractivity contribution in [1.82, 2.24) is 10.2 Å². The quantitative estimate of drug-likeness (QED) is 0.807. The van der Waals surface area contributed by atoms with Crippen LogP contribution < -0.4 is 10.1 Å². The van der Waals surface area contributed by atoms with Crippen LogP contribution in [0.2, 0.25) is 0 Å². The first-order valence-corrected chi connectivity index (χ1v) is 7.56. The van der Waals surface area contributed by atoms with Gasteiger partial charge in [-0.1, -0.05) is 38.1 Å². The van der Waals surface area contributed by atoms with Crippen LogP contribution in [-0.2, 0) is 0 Å². The minimum Gasteiger partial charge on any atom is -0.490 e. The molecule has 0 unspecified atom stereocenters. The molecule has 3 nitrogen and oxygen atoms in total. The maximum absolute atomic E-state index is 5.77. The molecule has 20 heavy (non-hydrogen) atoms. The smallest absolute Gasteiger partial charge is 0.120 e. The average Bonchev–Trinajstić information content (AvgIpc) is 2.48. The second-order valence-corrected chi connectivity index (χ2v) is 5.56. The van der Waals surface area contributed by atoms with Crippen molar-refractivity contribution in [2.45, 2.75) is 19.8 Å². The van der Waals surface area contributed by atoms with Gasteiger partial charge >= 0.3 is 0 Å². The third kappa shape index (κ3) is 4.99. The Morgan fingerprint density at radius 3 is 2.80 bits per heavy atom. The zero-order valence-electron chi connectivity index (χ0n) is 12.6. The molecule has 1 heterocycles. The lowest BCUT2D eigenvalue weighted by Crippen LogP contribution is -2.43. The molecule has 3 heteroatoms. The normalized spacial score (nSPS) is 16.9. The van der Waals surface area contributed by atoms with Crippen LogP contribution >= 0.6 is 0 Å². The van der Waals surface area contributed by atoms with E-state index in [2.05, 4.69) is 54.4 Å². The van der Waals surface area contributed by atoms with E-state index >= 15 is 0 Å². The largest absolute Gasteiger partial charge is 0.490 e. The Bertz CT molecular complexity index is 423. The third-order valence-corrected chi connectivity index (χ3v) is 3.61. The summed E-state index contributed by atoms with van der Waals surface area (Å²) >= 11 is 0. The molecule has 0 bridgehead atoms. The molecule has 1 saturated heterocycles. The van der Waals surface area contributed by atoms with Crippen molar-refractivity contribution >= 4 is 0 Å². The molecular weight excluding hydrogens is 248 g/mol. The monoisotopic (exact) mass is 274 g/mol. The van der Waals surface area contributed by atoms with Crippen molar-refractivity contribution in [3.05, 3.63) is 42.0 Å². The number of hydrogen-bond acceptors (Lipinski definition) is 3. The van der Waals surface area contributed by atoms with Gasteiger partial charge in [0.1, 0.15) is 12.4 Å². The molecule has 2 rings (SSSR count). The standard InChI is InChI=1S/C17H26N2O/c1-15(2)16-6-5-7-17(14-16)20-13-4-3-10-19-11-8-18-9-12-19/h3-7,14-15,18H,8-13H2,1-2H3/b4-3+. The van der Waals surface area contributed by atoms with Crippen LogP contribution in [0.3, 0.4) is 0 Å². The molecule has 110 valence electrons. The summed E-state index contributed by atoms with van der Waals surface area (Å²) in [7, 11) is 0. The highest BCUT2D eigenvalue weighted by molar-refractivity contribution is 5.30. The minimum absolute atomic E-state index is 0.543. The topological polar surface area (TPSA) is 24.5 Å². The summed E-state index contributed by atoms with van der Waals surface area (Å²) in [5, 5.41) is 3.36. The van der Waals surface area contributed by atoms with Crippen LogP contribution in [0, 0.1) is 0 Å². The molecule has 0 spiro atoms. The van der Waals surface area contributed by atoms with Crippen molar-refractivity contribution in [3.8, 4) is 5.75 Å². The van der Waals surface area contributed by atoms with E-state index in [-0.39, 0.29) is 0 Å². The van der Waals surface area contributed by atoms with Crippen molar-refractivity contribution in [2.75, 3.05) is 39.3 Å². The molecule has 0 aromatic heterocycles. The van der Waals surface area contributed by atoms with E-state index in [9.17, 15) is 0 Å². The van der Waals surface area contributed by atoms with Gasteiger partial charge in [-0.2, -0.15) is 0 Å². The predicted octanol–water partition coefficient (Wildman–Crippen LogP) is 2.65. The number of nitrogens with zero attached hydrogens (tertiary/aromatic N) is 1. The van der Waals surface area contributed by atoms with Crippen molar-refractivity contribution in [1.29, 1.82) is 0 Å². The van der Waals surface area contributed by atoms with Crippen LogP contribution in [-0.4, -0.2) is 44.2 Å². The van der Waals surface area contributed by atoms with Gasteiger partial charge in [0.05, 0.1) is 0 Å². The second-order valence-electron chi connectivity index (χ2n) is 5.56. The lowest BCUT2D eigenvalue weighted by molar-refractivity contribution is 0.264. The summed E-state index contributed by atoms with van der Waals surface area (Å²) in [5.41, 5.74) is 1.33. The van der Waals surface area contributed by atoms with E-state index in [1.165, 1.54) is 5.56 Å². The summed E-state index contributed by atoms with van der Waals surface area (Å²) in [4.78, 5) is 2.45. The molecule has 1 aliphatic rings. The summed E-state index contributed by atoms with van der Waals surface area (Å²) in [6, 6.07) is 8.37. The van der Waals surface area contributed by atoms with Gasteiger partial charge in [-0.3, -0.25) is 4.90 Å². The molecule has 1 fully saturated rings. The molecule has 1 aromatic rings. The van der Waals surface area contributed by atoms with Gasteiger partial charge in [0, 0.05) is 32.7 Å². The SMILES string of the molecule is CC(C)c1cccc(OC/C=C/CN2CCNCC2)c1. The van der Waals surface area contributed by atoms with Crippen LogP contribution in [0.1, 0.15) is 25.3 Å². The van der Waals surface area contributed by atoms with Crippen molar-refractivity contribution < 1.29 is 4.74 Å². The average molecular weight is 274 g/mol. The fourth-order valence-electron chi connectivity index (χ4n) is 2.29. The number of ether oxygens (including phenoxy) is 1. The number of hydrogen-bond donors (Lipinski definition) is 1. The van der Waals surface area contributed by atoms with Gasteiger partial charge in [-0.15, -0.1) is 0 Å². The van der Waals surface area contributed by atoms with Crippen LogP contribution in [0.25, 0.3) is 0 Å². The number of benzene rings is 1. The fraction of sp³-hybridized carbons (Fsp3) is 0.529. The third-order valence-electron chi connectivity index (χ3n) is 3.61. The molecule has 1 aliphatic heterocycles. The molecule has 0 amide bonds. The maximum atomic E-state index is 5.77. The molecule has 1 aromatic carbocycles. The first-order valence-electron chi connectivity index (χ1n) is 7.56. The van der Waals surface area contributed by atoms with E-state index in [0.717, 1.165) is 38.5 Å². The lowest BCUT2D eigenvalue weighted by atomic mass is 10.0. The number of piperazine rings is 1. The van der Waals surface area contributed by atoms with Gasteiger partial charge in [-0.25, -0.2) is 0 Å². The predicted molar refractivity (Wildman–Crippen MR) is 84.5 cm³/mol. The molecule has 1 N–H and O–H groups in total. The number of nitrogens with one attached hydrogen (secondary N) is 1. The van der Waals surface area contributed by atoms with Crippen LogP contribution in [0.5, 0.6) is 5.75 Å². The van der Waals surface area contributed by atoms with Gasteiger partial charge in [-0.05, 0) is 23.6 Å². The molecule has 0 saturated carbocycles. The van der Waals surface area contributed by atoms with Gasteiger partial charge in [0.25, 0.3) is 0 Å². The minimum atomic E-state index is 0.543. The molecule has 0 radical (unpaired) electrons. The highest BCUT2D eigenvalue weighted by atomic mass is 16.5. The van der Waals surface area contributed by atoms with Gasteiger partial charge in [0.2, 0.25) is 0 Å². The Kier molecular flexibility index (Phi) is 6.09. The van der Waals surface area contributed by atoms with E-state index in [0.29, 0.717) is 12.5 Å². The molecular formula is C17H26N2O. The van der Waals surface area contributed by atoms with Crippen LogP contribution in [0.15, 0.2) is 36.4 Å². The first kappa shape index (κ1) is 15.1. The first-order chi connectivity index (χ1) is 9.75. The Morgan fingerprint density at radius 2 is 2.05 bits per heavy atom. The van der Waals surface area contributed by atoms with E-state index in [1.807, 2.05) is 6.07 Å². The molecule has 0 atom stereocenters. The molecule has 0 aliphatic carbocycles. The van der Waals surface area contributed by atoms with Crippen molar-refractivity contribution in [2.24, 2.45) is 0 Å². The van der Waals surface area contributed by atoms with Crippen molar-refractivity contribution in [3.63, 3.8) is 0 Å². The lowest BCUT2D eigenvalue weighted by Gasteiger charge is -2.25. The summed E-state index contributed by atoms with van der Waals surface area (Å²) < 4.78 is 5.77.